The van der Waals surface area contributed by atoms with Gasteiger partial charge in [0.1, 0.15) is 0 Å². The molecule has 14 heavy (non-hydrogen) atoms. The molecule has 0 spiro atoms. The highest BCUT2D eigenvalue weighted by molar-refractivity contribution is 5.23. The van der Waals surface area contributed by atoms with Crippen molar-refractivity contribution in [3.63, 3.8) is 0 Å². The first-order valence-corrected chi connectivity index (χ1v) is 5.29. The van der Waals surface area contributed by atoms with Crippen LogP contribution in [0.5, 0.6) is 0 Å². The first-order valence-electron chi connectivity index (χ1n) is 5.29. The second kappa shape index (κ2) is 7.57. The summed E-state index contributed by atoms with van der Waals surface area (Å²) < 4.78 is 5.09. The summed E-state index contributed by atoms with van der Waals surface area (Å²) in [6.07, 6.45) is 0. The van der Waals surface area contributed by atoms with Crippen LogP contribution >= 0.6 is 0 Å². The van der Waals surface area contributed by atoms with Crippen LogP contribution in [0.2, 0.25) is 0 Å². The predicted molar refractivity (Wildman–Crippen MR) is 62.8 cm³/mol. The maximum atomic E-state index is 5.09. The van der Waals surface area contributed by atoms with Gasteiger partial charge in [-0.25, -0.2) is 0 Å². The molecule has 0 bridgehead atoms. The quantitative estimate of drug-likeness (QED) is 0.711. The molecule has 0 heterocycles. The molecule has 0 N–H and O–H groups in total. The van der Waals surface area contributed by atoms with Crippen LogP contribution in [0, 0.1) is 6.92 Å². The lowest BCUT2D eigenvalue weighted by atomic mass is 10.0. The zero-order valence-electron chi connectivity index (χ0n) is 10.0. The molecule has 1 heteroatoms. The molecule has 0 fully saturated rings. The molecule has 0 aliphatic carbocycles. The highest BCUT2D eigenvalue weighted by Crippen LogP contribution is 2.15. The third-order valence-electron chi connectivity index (χ3n) is 2.06. The first kappa shape index (κ1) is 13.2. The molecule has 0 aromatic heterocycles. The van der Waals surface area contributed by atoms with E-state index in [1.807, 2.05) is 13.8 Å². The summed E-state index contributed by atoms with van der Waals surface area (Å²) in [5.41, 5.74) is 2.66. The predicted octanol–water partition coefficient (Wildman–Crippen LogP) is 3.77. The standard InChI is InChI=1S/C11H16O.C2H6/c1-9-4-6-11(7-5-9)10(2)8-12-3;1-2/h4-7,10H,8H2,1-3H3;1-2H3. The van der Waals surface area contributed by atoms with E-state index < -0.39 is 0 Å². The van der Waals surface area contributed by atoms with E-state index in [4.69, 9.17) is 4.74 Å². The van der Waals surface area contributed by atoms with Gasteiger partial charge in [0.05, 0.1) is 6.61 Å². The molecule has 0 radical (unpaired) electrons. The van der Waals surface area contributed by atoms with Crippen molar-refractivity contribution in [2.24, 2.45) is 0 Å². The summed E-state index contributed by atoms with van der Waals surface area (Å²) in [5, 5.41) is 0. The zero-order valence-corrected chi connectivity index (χ0v) is 10.0. The summed E-state index contributed by atoms with van der Waals surface area (Å²) in [4.78, 5) is 0. The molecule has 0 saturated heterocycles. The van der Waals surface area contributed by atoms with E-state index in [0.29, 0.717) is 5.92 Å². The molecule has 0 saturated carbocycles. The van der Waals surface area contributed by atoms with Crippen LogP contribution in [0.15, 0.2) is 24.3 Å². The maximum absolute atomic E-state index is 5.09. The number of hydrogen-bond acceptors (Lipinski definition) is 1. The summed E-state index contributed by atoms with van der Waals surface area (Å²) in [6, 6.07) is 8.61. The van der Waals surface area contributed by atoms with Crippen LogP contribution in [0.25, 0.3) is 0 Å². The second-order valence-electron chi connectivity index (χ2n) is 3.27. The van der Waals surface area contributed by atoms with E-state index in [2.05, 4.69) is 38.1 Å². The van der Waals surface area contributed by atoms with Crippen molar-refractivity contribution in [2.75, 3.05) is 13.7 Å². The Kier molecular flexibility index (Phi) is 7.13. The van der Waals surface area contributed by atoms with Crippen molar-refractivity contribution in [2.45, 2.75) is 33.6 Å². The van der Waals surface area contributed by atoms with Crippen molar-refractivity contribution in [3.05, 3.63) is 35.4 Å². The largest absolute Gasteiger partial charge is 0.384 e. The van der Waals surface area contributed by atoms with Crippen LogP contribution in [0.1, 0.15) is 37.8 Å². The van der Waals surface area contributed by atoms with E-state index in [-0.39, 0.29) is 0 Å². The molecular formula is C13H22O. The molecule has 1 unspecified atom stereocenters. The third-order valence-corrected chi connectivity index (χ3v) is 2.06. The highest BCUT2D eigenvalue weighted by Gasteiger charge is 2.02. The van der Waals surface area contributed by atoms with Crippen LogP contribution in [0.3, 0.4) is 0 Å². The Morgan fingerprint density at radius 3 is 2.07 bits per heavy atom. The van der Waals surface area contributed by atoms with Crippen molar-refractivity contribution >= 4 is 0 Å². The van der Waals surface area contributed by atoms with Gasteiger partial charge in [0, 0.05) is 13.0 Å². The Bertz CT molecular complexity index is 225. The molecule has 1 atom stereocenters. The SMILES string of the molecule is CC.COCC(C)c1ccc(C)cc1. The summed E-state index contributed by atoms with van der Waals surface area (Å²) in [5.74, 6) is 0.496. The number of hydrogen-bond donors (Lipinski definition) is 0. The Morgan fingerprint density at radius 1 is 1.14 bits per heavy atom. The average molecular weight is 194 g/mol. The Labute approximate surface area is 88.1 Å². The van der Waals surface area contributed by atoms with E-state index in [1.165, 1.54) is 11.1 Å². The maximum Gasteiger partial charge on any atom is 0.0528 e. The van der Waals surface area contributed by atoms with Crippen molar-refractivity contribution in [1.29, 1.82) is 0 Å². The summed E-state index contributed by atoms with van der Waals surface area (Å²) in [6.45, 7) is 9.07. The molecule has 80 valence electrons. The molecule has 0 amide bonds. The van der Waals surface area contributed by atoms with Gasteiger partial charge in [-0.05, 0) is 12.5 Å². The normalized spacial score (nSPS) is 11.5. The summed E-state index contributed by atoms with van der Waals surface area (Å²) in [7, 11) is 1.74. The monoisotopic (exact) mass is 194 g/mol. The molecule has 0 aliphatic rings. The van der Waals surface area contributed by atoms with Gasteiger partial charge in [0.2, 0.25) is 0 Å². The number of benzene rings is 1. The number of ether oxygens (including phenoxy) is 1. The topological polar surface area (TPSA) is 9.23 Å². The number of aryl methyl sites for hydroxylation is 1. The van der Waals surface area contributed by atoms with Gasteiger partial charge < -0.3 is 4.74 Å². The van der Waals surface area contributed by atoms with E-state index in [0.717, 1.165) is 6.61 Å². The molecular weight excluding hydrogens is 172 g/mol. The van der Waals surface area contributed by atoms with E-state index >= 15 is 0 Å². The molecule has 0 aliphatic heterocycles. The minimum Gasteiger partial charge on any atom is -0.384 e. The van der Waals surface area contributed by atoms with Gasteiger partial charge in [-0.1, -0.05) is 50.6 Å². The lowest BCUT2D eigenvalue weighted by molar-refractivity contribution is 0.184. The summed E-state index contributed by atoms with van der Waals surface area (Å²) >= 11 is 0. The first-order chi connectivity index (χ1) is 6.74. The van der Waals surface area contributed by atoms with Gasteiger partial charge in [0.15, 0.2) is 0 Å². The Morgan fingerprint density at radius 2 is 1.64 bits per heavy atom. The van der Waals surface area contributed by atoms with Crippen LogP contribution < -0.4 is 0 Å². The van der Waals surface area contributed by atoms with Gasteiger partial charge in [0.25, 0.3) is 0 Å². The number of methoxy groups -OCH3 is 1. The molecule has 1 aromatic carbocycles. The van der Waals surface area contributed by atoms with E-state index in [1.54, 1.807) is 7.11 Å². The van der Waals surface area contributed by atoms with E-state index in [9.17, 15) is 0 Å². The second-order valence-corrected chi connectivity index (χ2v) is 3.27. The zero-order chi connectivity index (χ0) is 11.0. The average Bonchev–Trinajstić information content (AvgIpc) is 2.22. The smallest absolute Gasteiger partial charge is 0.0528 e. The van der Waals surface area contributed by atoms with Gasteiger partial charge in [-0.3, -0.25) is 0 Å². The van der Waals surface area contributed by atoms with Gasteiger partial charge >= 0.3 is 0 Å². The molecule has 1 rings (SSSR count). The van der Waals surface area contributed by atoms with Gasteiger partial charge in [-0.15, -0.1) is 0 Å². The Hall–Kier alpha value is -0.820. The lowest BCUT2D eigenvalue weighted by Gasteiger charge is -2.10. The Balaban J connectivity index is 0.000000791. The highest BCUT2D eigenvalue weighted by atomic mass is 16.5. The minimum absolute atomic E-state index is 0.496. The fourth-order valence-corrected chi connectivity index (χ4v) is 1.24. The van der Waals surface area contributed by atoms with Crippen LogP contribution in [-0.2, 0) is 4.74 Å². The lowest BCUT2D eigenvalue weighted by Crippen LogP contribution is -2.01. The number of rotatable bonds is 3. The van der Waals surface area contributed by atoms with Crippen molar-refractivity contribution in [1.82, 2.24) is 0 Å². The fraction of sp³-hybridized carbons (Fsp3) is 0.538. The van der Waals surface area contributed by atoms with Crippen LogP contribution in [-0.4, -0.2) is 13.7 Å². The minimum atomic E-state index is 0.496. The van der Waals surface area contributed by atoms with Crippen molar-refractivity contribution in [3.8, 4) is 0 Å². The molecule has 1 aromatic rings. The van der Waals surface area contributed by atoms with Gasteiger partial charge in [-0.2, -0.15) is 0 Å². The third kappa shape index (κ3) is 4.43. The van der Waals surface area contributed by atoms with Crippen LogP contribution in [0.4, 0.5) is 0 Å². The van der Waals surface area contributed by atoms with Crippen molar-refractivity contribution < 1.29 is 4.74 Å². The molecule has 1 nitrogen and oxygen atoms in total. The fourth-order valence-electron chi connectivity index (χ4n) is 1.24.